The molecule has 1 fully saturated rings. The normalized spacial score (nSPS) is 17.6. The molecule has 0 amide bonds. The van der Waals surface area contributed by atoms with Gasteiger partial charge in [0.1, 0.15) is 12.3 Å². The Labute approximate surface area is 192 Å². The van der Waals surface area contributed by atoms with Crippen molar-refractivity contribution in [2.45, 2.75) is 57.5 Å². The van der Waals surface area contributed by atoms with E-state index in [0.717, 1.165) is 31.5 Å². The Morgan fingerprint density at radius 2 is 1.47 bits per heavy atom. The number of hydrogen-bond acceptors (Lipinski definition) is 3. The number of nitrogens with zero attached hydrogens (tertiary/aromatic N) is 1. The molecule has 0 spiro atoms. The third kappa shape index (κ3) is 5.66. The summed E-state index contributed by atoms with van der Waals surface area (Å²) in [5.74, 6) is 0. The maximum absolute atomic E-state index is 10.6. The SMILES string of the molecule is CC(C)(O)c1ccccc1CCN1CCCC[C@H]1OC(c1ccccc1)c1ccccc1. The molecule has 0 bridgehead atoms. The van der Waals surface area contributed by atoms with E-state index in [0.29, 0.717) is 0 Å². The standard InChI is InChI=1S/C29H35NO2/c1-29(2,31)26-18-10-9-13-23(26)20-22-30-21-12-11-19-27(30)32-28(24-14-5-3-6-15-24)25-16-7-4-8-17-25/h3-10,13-18,27-28,31H,11-12,19-22H2,1-2H3/t27-/m1/s1. The fourth-order valence-corrected chi connectivity index (χ4v) is 4.73. The average Bonchev–Trinajstić information content (AvgIpc) is 2.82. The van der Waals surface area contributed by atoms with Crippen molar-refractivity contribution in [2.24, 2.45) is 0 Å². The molecule has 32 heavy (non-hydrogen) atoms. The summed E-state index contributed by atoms with van der Waals surface area (Å²) in [6.07, 6.45) is 4.35. The van der Waals surface area contributed by atoms with Crippen LogP contribution in [0.1, 0.15) is 61.5 Å². The molecule has 0 aliphatic carbocycles. The Kier molecular flexibility index (Phi) is 7.41. The molecule has 3 heteroatoms. The minimum atomic E-state index is -0.833. The molecule has 0 saturated carbocycles. The molecule has 3 aromatic carbocycles. The number of benzene rings is 3. The van der Waals surface area contributed by atoms with Crippen LogP contribution in [0.2, 0.25) is 0 Å². The first-order chi connectivity index (χ1) is 15.5. The van der Waals surface area contributed by atoms with Crippen molar-refractivity contribution < 1.29 is 9.84 Å². The zero-order chi connectivity index (χ0) is 22.4. The van der Waals surface area contributed by atoms with Gasteiger partial charge in [-0.05, 0) is 61.8 Å². The lowest BCUT2D eigenvalue weighted by Gasteiger charge is -2.38. The summed E-state index contributed by atoms with van der Waals surface area (Å²) in [7, 11) is 0. The summed E-state index contributed by atoms with van der Waals surface area (Å²) < 4.78 is 6.84. The zero-order valence-electron chi connectivity index (χ0n) is 19.3. The summed E-state index contributed by atoms with van der Waals surface area (Å²) in [5, 5.41) is 10.6. The first-order valence-corrected chi connectivity index (χ1v) is 11.8. The van der Waals surface area contributed by atoms with Crippen LogP contribution in [0, 0.1) is 0 Å². The maximum atomic E-state index is 10.6. The number of likely N-dealkylation sites (tertiary alicyclic amines) is 1. The van der Waals surface area contributed by atoms with E-state index < -0.39 is 5.60 Å². The molecule has 168 valence electrons. The molecule has 4 rings (SSSR count). The van der Waals surface area contributed by atoms with Crippen LogP contribution in [0.4, 0.5) is 0 Å². The highest BCUT2D eigenvalue weighted by atomic mass is 16.5. The highest BCUT2D eigenvalue weighted by molar-refractivity contribution is 5.32. The van der Waals surface area contributed by atoms with E-state index in [1.807, 2.05) is 26.0 Å². The molecule has 1 aliphatic rings. The third-order valence-electron chi connectivity index (χ3n) is 6.40. The van der Waals surface area contributed by atoms with Gasteiger partial charge in [0.05, 0.1) is 5.60 Å². The quantitative estimate of drug-likeness (QED) is 0.471. The minimum absolute atomic E-state index is 0.0772. The van der Waals surface area contributed by atoms with Crippen LogP contribution in [-0.4, -0.2) is 29.3 Å². The molecule has 0 aromatic heterocycles. The van der Waals surface area contributed by atoms with Crippen LogP contribution < -0.4 is 0 Å². The Morgan fingerprint density at radius 3 is 2.09 bits per heavy atom. The van der Waals surface area contributed by atoms with Gasteiger partial charge in [-0.3, -0.25) is 4.90 Å². The van der Waals surface area contributed by atoms with Crippen molar-refractivity contribution in [3.05, 3.63) is 107 Å². The lowest BCUT2D eigenvalue weighted by molar-refractivity contribution is -0.105. The molecule has 0 radical (unpaired) electrons. The largest absolute Gasteiger partial charge is 0.386 e. The third-order valence-corrected chi connectivity index (χ3v) is 6.40. The first-order valence-electron chi connectivity index (χ1n) is 11.8. The second-order valence-electron chi connectivity index (χ2n) is 9.29. The van der Waals surface area contributed by atoms with Crippen molar-refractivity contribution >= 4 is 0 Å². The van der Waals surface area contributed by atoms with E-state index in [1.165, 1.54) is 29.5 Å². The predicted octanol–water partition coefficient (Wildman–Crippen LogP) is 6.07. The molecule has 3 aromatic rings. The fourth-order valence-electron chi connectivity index (χ4n) is 4.73. The van der Waals surface area contributed by atoms with Gasteiger partial charge < -0.3 is 9.84 Å². The van der Waals surface area contributed by atoms with Gasteiger partial charge in [0.25, 0.3) is 0 Å². The van der Waals surface area contributed by atoms with Crippen LogP contribution in [-0.2, 0) is 16.8 Å². The molecule has 1 saturated heterocycles. The average molecular weight is 430 g/mol. The number of rotatable bonds is 8. The summed E-state index contributed by atoms with van der Waals surface area (Å²) in [6.45, 7) is 5.70. The lowest BCUT2D eigenvalue weighted by Crippen LogP contribution is -2.43. The second kappa shape index (κ2) is 10.4. The topological polar surface area (TPSA) is 32.7 Å². The summed E-state index contributed by atoms with van der Waals surface area (Å²) in [5.41, 5.74) is 3.78. The van der Waals surface area contributed by atoms with Crippen molar-refractivity contribution in [3.8, 4) is 0 Å². The second-order valence-corrected chi connectivity index (χ2v) is 9.29. The zero-order valence-corrected chi connectivity index (χ0v) is 19.3. The van der Waals surface area contributed by atoms with Crippen molar-refractivity contribution in [3.63, 3.8) is 0 Å². The Bertz CT molecular complexity index is 926. The van der Waals surface area contributed by atoms with Crippen LogP contribution in [0.15, 0.2) is 84.9 Å². The van der Waals surface area contributed by atoms with Crippen LogP contribution in [0.5, 0.6) is 0 Å². The Hall–Kier alpha value is -2.46. The number of aliphatic hydroxyl groups is 1. The molecule has 3 nitrogen and oxygen atoms in total. The van der Waals surface area contributed by atoms with E-state index >= 15 is 0 Å². The van der Waals surface area contributed by atoms with Gasteiger partial charge in [-0.25, -0.2) is 0 Å². The van der Waals surface area contributed by atoms with Gasteiger partial charge >= 0.3 is 0 Å². The van der Waals surface area contributed by atoms with Gasteiger partial charge in [0.15, 0.2) is 0 Å². The van der Waals surface area contributed by atoms with E-state index in [9.17, 15) is 5.11 Å². The molecular weight excluding hydrogens is 394 g/mol. The summed E-state index contributed by atoms with van der Waals surface area (Å²) in [6, 6.07) is 29.3. The fraction of sp³-hybridized carbons (Fsp3) is 0.379. The molecular formula is C29H35NO2. The van der Waals surface area contributed by atoms with Gasteiger partial charge in [0, 0.05) is 13.1 Å². The molecule has 1 atom stereocenters. The van der Waals surface area contributed by atoms with E-state index in [4.69, 9.17) is 4.74 Å². The van der Waals surface area contributed by atoms with Gasteiger partial charge in [-0.2, -0.15) is 0 Å². The molecule has 1 N–H and O–H groups in total. The van der Waals surface area contributed by atoms with Gasteiger partial charge in [-0.1, -0.05) is 84.9 Å². The Balaban J connectivity index is 1.52. The van der Waals surface area contributed by atoms with Crippen molar-refractivity contribution in [2.75, 3.05) is 13.1 Å². The number of ether oxygens (including phenoxy) is 1. The van der Waals surface area contributed by atoms with E-state index in [-0.39, 0.29) is 12.3 Å². The lowest BCUT2D eigenvalue weighted by atomic mass is 9.91. The maximum Gasteiger partial charge on any atom is 0.111 e. The summed E-state index contributed by atoms with van der Waals surface area (Å²) >= 11 is 0. The van der Waals surface area contributed by atoms with Crippen LogP contribution >= 0.6 is 0 Å². The Morgan fingerprint density at radius 1 is 0.875 bits per heavy atom. The highest BCUT2D eigenvalue weighted by Crippen LogP contribution is 2.31. The van der Waals surface area contributed by atoms with Gasteiger partial charge in [0.2, 0.25) is 0 Å². The highest BCUT2D eigenvalue weighted by Gasteiger charge is 2.28. The first kappa shape index (κ1) is 22.7. The molecule has 1 heterocycles. The monoisotopic (exact) mass is 429 g/mol. The summed E-state index contributed by atoms with van der Waals surface area (Å²) in [4.78, 5) is 2.49. The van der Waals surface area contributed by atoms with Crippen LogP contribution in [0.25, 0.3) is 0 Å². The molecule has 1 aliphatic heterocycles. The number of piperidine rings is 1. The van der Waals surface area contributed by atoms with Gasteiger partial charge in [-0.15, -0.1) is 0 Å². The van der Waals surface area contributed by atoms with E-state index in [2.05, 4.69) is 77.7 Å². The smallest absolute Gasteiger partial charge is 0.111 e. The van der Waals surface area contributed by atoms with Crippen LogP contribution in [0.3, 0.4) is 0 Å². The van der Waals surface area contributed by atoms with Crippen molar-refractivity contribution in [1.82, 2.24) is 4.90 Å². The van der Waals surface area contributed by atoms with Crippen molar-refractivity contribution in [1.29, 1.82) is 0 Å². The minimum Gasteiger partial charge on any atom is -0.386 e. The number of hydrogen-bond donors (Lipinski definition) is 1. The van der Waals surface area contributed by atoms with E-state index in [1.54, 1.807) is 0 Å². The molecule has 0 unspecified atom stereocenters. The predicted molar refractivity (Wildman–Crippen MR) is 130 cm³/mol.